The largest absolute Gasteiger partial charge is 0.496 e. The van der Waals surface area contributed by atoms with Gasteiger partial charge in [0, 0.05) is 56.5 Å². The summed E-state index contributed by atoms with van der Waals surface area (Å²) in [5, 5.41) is 6.82. The van der Waals surface area contributed by atoms with Crippen LogP contribution in [-0.4, -0.2) is 84.2 Å². The molecule has 2 rings (SSSR count). The first-order valence-corrected chi connectivity index (χ1v) is 10.0. The van der Waals surface area contributed by atoms with Crippen LogP contribution in [0, 0.1) is 0 Å². The minimum absolute atomic E-state index is 0.0177. The highest BCUT2D eigenvalue weighted by molar-refractivity contribution is 5.79. The van der Waals surface area contributed by atoms with Crippen molar-refractivity contribution in [3.05, 3.63) is 17.7 Å². The summed E-state index contributed by atoms with van der Waals surface area (Å²) in [6, 6.07) is 3.74. The molecule has 164 valence electrons. The fourth-order valence-electron chi connectivity index (χ4n) is 3.43. The Bertz CT molecular complexity index is 648. The van der Waals surface area contributed by atoms with Crippen LogP contribution < -0.4 is 24.8 Å². The zero-order valence-electron chi connectivity index (χ0n) is 18.6. The van der Waals surface area contributed by atoms with E-state index < -0.39 is 0 Å². The van der Waals surface area contributed by atoms with E-state index in [0.29, 0.717) is 12.3 Å². The van der Waals surface area contributed by atoms with Gasteiger partial charge in [0.15, 0.2) is 5.96 Å². The molecule has 0 bridgehead atoms. The summed E-state index contributed by atoms with van der Waals surface area (Å²) in [7, 11) is 6.72. The third-order valence-corrected chi connectivity index (χ3v) is 5.26. The highest BCUT2D eigenvalue weighted by Crippen LogP contribution is 2.34. The van der Waals surface area contributed by atoms with Crippen molar-refractivity contribution < 1.29 is 18.9 Å². The molecule has 2 N–H and O–H groups in total. The van der Waals surface area contributed by atoms with Crippen molar-refractivity contribution in [2.24, 2.45) is 4.99 Å². The van der Waals surface area contributed by atoms with Gasteiger partial charge >= 0.3 is 0 Å². The molecule has 1 heterocycles. The highest BCUT2D eigenvalue weighted by atomic mass is 16.5. The van der Waals surface area contributed by atoms with Crippen LogP contribution in [0.2, 0.25) is 0 Å². The summed E-state index contributed by atoms with van der Waals surface area (Å²) < 4.78 is 21.8. The number of nitrogens with one attached hydrogen (secondary N) is 2. The Balaban J connectivity index is 1.91. The molecule has 0 aliphatic carbocycles. The summed E-state index contributed by atoms with van der Waals surface area (Å²) in [5.74, 6) is 2.98. The number of benzene rings is 1. The minimum Gasteiger partial charge on any atom is -0.496 e. The molecule has 8 nitrogen and oxygen atoms in total. The maximum absolute atomic E-state index is 5.52. The number of aliphatic imine (C=N–C) groups is 1. The average molecular weight is 409 g/mol. The highest BCUT2D eigenvalue weighted by Gasteiger charge is 2.28. The maximum atomic E-state index is 5.52. The van der Waals surface area contributed by atoms with Gasteiger partial charge < -0.3 is 29.6 Å². The van der Waals surface area contributed by atoms with E-state index in [1.165, 1.54) is 0 Å². The smallest absolute Gasteiger partial charge is 0.191 e. The lowest BCUT2D eigenvalue weighted by atomic mass is 10.0. The molecule has 1 aliphatic rings. The lowest BCUT2D eigenvalue weighted by Crippen LogP contribution is -2.56. The van der Waals surface area contributed by atoms with Crippen molar-refractivity contribution in [2.45, 2.75) is 25.8 Å². The predicted molar refractivity (Wildman–Crippen MR) is 116 cm³/mol. The molecule has 1 aromatic carbocycles. The van der Waals surface area contributed by atoms with Crippen LogP contribution in [0.4, 0.5) is 0 Å². The van der Waals surface area contributed by atoms with Crippen molar-refractivity contribution in [1.29, 1.82) is 0 Å². The van der Waals surface area contributed by atoms with Crippen molar-refractivity contribution in [3.63, 3.8) is 0 Å². The Kier molecular flexibility index (Phi) is 8.85. The Morgan fingerprint density at radius 2 is 1.69 bits per heavy atom. The molecule has 1 fully saturated rings. The number of guanidine groups is 1. The molecule has 0 saturated carbocycles. The summed E-state index contributed by atoms with van der Waals surface area (Å²) >= 11 is 0. The first-order chi connectivity index (χ1) is 13.9. The standard InChI is InChI=1S/C21H36N4O4/c1-21(2,25-9-11-29-12-10-25)15-24-20(22-3)23-8-7-17-18(27-5)13-16(26-4)14-19(17)28-6/h13-14H,7-12,15H2,1-6H3,(H2,22,23,24). The monoisotopic (exact) mass is 408 g/mol. The second-order valence-electron chi connectivity index (χ2n) is 7.52. The van der Waals surface area contributed by atoms with E-state index in [9.17, 15) is 0 Å². The summed E-state index contributed by atoms with van der Waals surface area (Å²) in [5.41, 5.74) is 1.01. The first-order valence-electron chi connectivity index (χ1n) is 10.0. The minimum atomic E-state index is 0.0177. The zero-order chi connectivity index (χ0) is 21.3. The van der Waals surface area contributed by atoms with Gasteiger partial charge in [0.2, 0.25) is 0 Å². The molecular formula is C21H36N4O4. The van der Waals surface area contributed by atoms with Gasteiger partial charge in [-0.3, -0.25) is 9.89 Å². The molecule has 8 heteroatoms. The van der Waals surface area contributed by atoms with Crippen molar-refractivity contribution in [1.82, 2.24) is 15.5 Å². The maximum Gasteiger partial charge on any atom is 0.191 e. The molecular weight excluding hydrogens is 372 g/mol. The van der Waals surface area contributed by atoms with E-state index in [2.05, 4.69) is 34.4 Å². The van der Waals surface area contributed by atoms with Crippen LogP contribution in [0.1, 0.15) is 19.4 Å². The van der Waals surface area contributed by atoms with Crippen LogP contribution >= 0.6 is 0 Å². The Labute approximate surface area is 174 Å². The lowest BCUT2D eigenvalue weighted by Gasteiger charge is -2.41. The molecule has 1 aliphatic heterocycles. The number of rotatable bonds is 9. The molecule has 1 saturated heterocycles. The second kappa shape index (κ2) is 11.1. The Morgan fingerprint density at radius 1 is 1.07 bits per heavy atom. The molecule has 29 heavy (non-hydrogen) atoms. The van der Waals surface area contributed by atoms with Crippen molar-refractivity contribution >= 4 is 5.96 Å². The number of hydrogen-bond acceptors (Lipinski definition) is 6. The molecule has 0 unspecified atom stereocenters. The molecule has 0 amide bonds. The van der Waals surface area contributed by atoms with Crippen LogP contribution in [-0.2, 0) is 11.2 Å². The summed E-state index contributed by atoms with van der Waals surface area (Å²) in [4.78, 5) is 6.80. The van der Waals surface area contributed by atoms with E-state index in [1.807, 2.05) is 12.1 Å². The van der Waals surface area contributed by atoms with E-state index in [0.717, 1.165) is 62.3 Å². The quantitative estimate of drug-likeness (QED) is 0.474. The number of methoxy groups -OCH3 is 3. The molecule has 0 aromatic heterocycles. The number of morpholine rings is 1. The van der Waals surface area contributed by atoms with E-state index in [-0.39, 0.29) is 5.54 Å². The molecule has 0 spiro atoms. The lowest BCUT2D eigenvalue weighted by molar-refractivity contribution is -0.00833. The SMILES string of the molecule is CN=C(NCCc1c(OC)cc(OC)cc1OC)NCC(C)(C)N1CCOCC1. The van der Waals surface area contributed by atoms with Gasteiger partial charge in [-0.05, 0) is 20.3 Å². The third kappa shape index (κ3) is 6.40. The Morgan fingerprint density at radius 3 is 2.21 bits per heavy atom. The van der Waals surface area contributed by atoms with Crippen molar-refractivity contribution in [3.8, 4) is 17.2 Å². The molecule has 0 radical (unpaired) electrons. The van der Waals surface area contributed by atoms with E-state index >= 15 is 0 Å². The fraction of sp³-hybridized carbons (Fsp3) is 0.667. The second-order valence-corrected chi connectivity index (χ2v) is 7.52. The van der Waals surface area contributed by atoms with Crippen LogP contribution in [0.3, 0.4) is 0 Å². The number of hydrogen-bond donors (Lipinski definition) is 2. The van der Waals surface area contributed by atoms with Crippen LogP contribution in [0.15, 0.2) is 17.1 Å². The van der Waals surface area contributed by atoms with Crippen molar-refractivity contribution in [2.75, 3.05) is 67.8 Å². The van der Waals surface area contributed by atoms with Crippen LogP contribution in [0.5, 0.6) is 17.2 Å². The van der Waals surface area contributed by atoms with Gasteiger partial charge in [-0.25, -0.2) is 0 Å². The number of nitrogens with zero attached hydrogens (tertiary/aromatic N) is 2. The molecule has 0 atom stereocenters. The first kappa shape index (κ1) is 23.1. The Hall–Kier alpha value is -2.19. The van der Waals surface area contributed by atoms with Gasteiger partial charge in [0.05, 0.1) is 34.5 Å². The average Bonchev–Trinajstić information content (AvgIpc) is 2.76. The normalized spacial score (nSPS) is 15.7. The van der Waals surface area contributed by atoms with E-state index in [4.69, 9.17) is 18.9 Å². The van der Waals surface area contributed by atoms with Gasteiger partial charge in [-0.2, -0.15) is 0 Å². The zero-order valence-corrected chi connectivity index (χ0v) is 18.6. The van der Waals surface area contributed by atoms with Gasteiger partial charge in [0.25, 0.3) is 0 Å². The topological polar surface area (TPSA) is 76.6 Å². The summed E-state index contributed by atoms with van der Waals surface area (Å²) in [6.45, 7) is 9.47. The fourth-order valence-corrected chi connectivity index (χ4v) is 3.43. The third-order valence-electron chi connectivity index (χ3n) is 5.26. The van der Waals surface area contributed by atoms with Gasteiger partial charge in [-0.1, -0.05) is 0 Å². The summed E-state index contributed by atoms with van der Waals surface area (Å²) in [6.07, 6.45) is 0.726. The number of ether oxygens (including phenoxy) is 4. The van der Waals surface area contributed by atoms with Gasteiger partial charge in [-0.15, -0.1) is 0 Å². The predicted octanol–water partition coefficient (Wildman–Crippen LogP) is 1.53. The van der Waals surface area contributed by atoms with E-state index in [1.54, 1.807) is 28.4 Å². The molecule has 1 aromatic rings. The van der Waals surface area contributed by atoms with Gasteiger partial charge in [0.1, 0.15) is 17.2 Å². The van der Waals surface area contributed by atoms with Crippen LogP contribution in [0.25, 0.3) is 0 Å².